The van der Waals surface area contributed by atoms with Crippen LogP contribution >= 0.6 is 11.8 Å². The molecule has 3 aromatic rings. The predicted octanol–water partition coefficient (Wildman–Crippen LogP) is 3.39. The number of pyridine rings is 1. The molecule has 0 unspecified atom stereocenters. The molecular formula is C18H14N4O3S. The summed E-state index contributed by atoms with van der Waals surface area (Å²) >= 11 is 1.31. The second-order valence-corrected chi connectivity index (χ2v) is 6.27. The second kappa shape index (κ2) is 8.21. The molecule has 3 rings (SSSR count). The summed E-state index contributed by atoms with van der Waals surface area (Å²) in [6.07, 6.45) is 1.36. The summed E-state index contributed by atoms with van der Waals surface area (Å²) < 4.78 is 0. The molecule has 7 nitrogen and oxygen atoms in total. The number of amides is 1. The van der Waals surface area contributed by atoms with Gasteiger partial charge in [-0.25, -0.2) is 10.4 Å². The number of fused-ring (bicyclic) bond motifs is 1. The van der Waals surface area contributed by atoms with Gasteiger partial charge in [0.15, 0.2) is 0 Å². The highest BCUT2D eigenvalue weighted by Gasteiger charge is 2.05. The van der Waals surface area contributed by atoms with E-state index in [4.69, 9.17) is 0 Å². The van der Waals surface area contributed by atoms with Gasteiger partial charge in [-0.2, -0.15) is 5.10 Å². The normalized spacial score (nSPS) is 10.9. The number of nitro groups is 1. The molecule has 1 amide bonds. The van der Waals surface area contributed by atoms with E-state index in [1.54, 1.807) is 12.1 Å². The smallest absolute Gasteiger partial charge is 0.270 e. The lowest BCUT2D eigenvalue weighted by atomic mass is 10.2. The summed E-state index contributed by atoms with van der Waals surface area (Å²) in [5, 5.41) is 16.3. The Hall–Kier alpha value is -3.26. The molecule has 0 atom stereocenters. The fourth-order valence-corrected chi connectivity index (χ4v) is 2.87. The highest BCUT2D eigenvalue weighted by molar-refractivity contribution is 7.99. The van der Waals surface area contributed by atoms with Crippen LogP contribution in [0.5, 0.6) is 0 Å². The lowest BCUT2D eigenvalue weighted by molar-refractivity contribution is -0.384. The minimum absolute atomic E-state index is 0.0294. The number of nitro benzene ring substituents is 1. The Balaban J connectivity index is 1.53. The second-order valence-electron chi connectivity index (χ2n) is 5.28. The topological polar surface area (TPSA) is 97.5 Å². The molecule has 1 N–H and O–H groups in total. The maximum absolute atomic E-state index is 11.9. The highest BCUT2D eigenvalue weighted by atomic mass is 32.2. The molecule has 0 aliphatic heterocycles. The fourth-order valence-electron chi connectivity index (χ4n) is 2.20. The molecule has 1 aromatic heterocycles. The van der Waals surface area contributed by atoms with Crippen LogP contribution in [0.25, 0.3) is 10.9 Å². The summed E-state index contributed by atoms with van der Waals surface area (Å²) in [7, 11) is 0. The van der Waals surface area contributed by atoms with E-state index in [-0.39, 0.29) is 17.3 Å². The number of para-hydroxylation sites is 1. The van der Waals surface area contributed by atoms with Gasteiger partial charge in [0.1, 0.15) is 0 Å². The first kappa shape index (κ1) is 17.6. The van der Waals surface area contributed by atoms with E-state index in [0.29, 0.717) is 5.56 Å². The summed E-state index contributed by atoms with van der Waals surface area (Å²) in [4.78, 5) is 26.6. The van der Waals surface area contributed by atoms with Crippen LogP contribution in [0.15, 0.2) is 70.8 Å². The van der Waals surface area contributed by atoms with Gasteiger partial charge in [0.2, 0.25) is 5.91 Å². The summed E-state index contributed by atoms with van der Waals surface area (Å²) in [6.45, 7) is 0. The Morgan fingerprint density at radius 3 is 2.88 bits per heavy atom. The van der Waals surface area contributed by atoms with Gasteiger partial charge in [0.05, 0.1) is 27.4 Å². The Morgan fingerprint density at radius 2 is 2.04 bits per heavy atom. The number of nitrogens with zero attached hydrogens (tertiary/aromatic N) is 3. The fraction of sp³-hybridized carbons (Fsp3) is 0.0556. The van der Waals surface area contributed by atoms with Crippen LogP contribution in [0.2, 0.25) is 0 Å². The molecule has 8 heteroatoms. The van der Waals surface area contributed by atoms with Crippen molar-refractivity contribution in [2.75, 3.05) is 5.75 Å². The first-order chi connectivity index (χ1) is 12.6. The number of carbonyl (C=O) groups is 1. The van der Waals surface area contributed by atoms with Crippen LogP contribution < -0.4 is 5.43 Å². The van der Waals surface area contributed by atoms with Crippen molar-refractivity contribution in [3.63, 3.8) is 0 Å². The van der Waals surface area contributed by atoms with Gasteiger partial charge in [0, 0.05) is 23.1 Å². The summed E-state index contributed by atoms with van der Waals surface area (Å²) in [6, 6.07) is 17.6. The number of thioether (sulfide) groups is 1. The SMILES string of the molecule is O=C(CSc1ccc2ccccc2n1)N/N=C\c1cccc([N+](=O)[O-])c1. The molecule has 130 valence electrons. The van der Waals surface area contributed by atoms with Crippen LogP contribution in [0.3, 0.4) is 0 Å². The van der Waals surface area contributed by atoms with Gasteiger partial charge in [-0.05, 0) is 12.1 Å². The third-order valence-corrected chi connectivity index (χ3v) is 4.34. The molecule has 0 bridgehead atoms. The van der Waals surface area contributed by atoms with E-state index >= 15 is 0 Å². The van der Waals surface area contributed by atoms with Crippen LogP contribution in [-0.2, 0) is 4.79 Å². The molecule has 26 heavy (non-hydrogen) atoms. The summed E-state index contributed by atoms with van der Waals surface area (Å²) in [5.41, 5.74) is 3.78. The van der Waals surface area contributed by atoms with E-state index in [1.165, 1.54) is 30.1 Å². The molecule has 0 spiro atoms. The lowest BCUT2D eigenvalue weighted by Gasteiger charge is -2.02. The van der Waals surface area contributed by atoms with Gasteiger partial charge in [-0.3, -0.25) is 14.9 Å². The van der Waals surface area contributed by atoms with Crippen molar-refractivity contribution in [1.29, 1.82) is 0 Å². The predicted molar refractivity (Wildman–Crippen MR) is 101 cm³/mol. The lowest BCUT2D eigenvalue weighted by Crippen LogP contribution is -2.19. The molecule has 0 saturated heterocycles. The quantitative estimate of drug-likeness (QED) is 0.312. The molecule has 0 aliphatic carbocycles. The molecule has 1 heterocycles. The molecule has 0 fully saturated rings. The van der Waals surface area contributed by atoms with E-state index in [9.17, 15) is 14.9 Å². The van der Waals surface area contributed by atoms with E-state index < -0.39 is 4.92 Å². The van der Waals surface area contributed by atoms with Gasteiger partial charge >= 0.3 is 0 Å². The van der Waals surface area contributed by atoms with E-state index in [0.717, 1.165) is 15.9 Å². The van der Waals surface area contributed by atoms with Crippen LogP contribution in [0, 0.1) is 10.1 Å². The Kier molecular flexibility index (Phi) is 5.55. The largest absolute Gasteiger partial charge is 0.272 e. The third-order valence-electron chi connectivity index (χ3n) is 3.41. The molecular weight excluding hydrogens is 352 g/mol. The number of benzene rings is 2. The van der Waals surface area contributed by atoms with Crippen LogP contribution in [0.4, 0.5) is 5.69 Å². The Labute approximate surface area is 153 Å². The standard InChI is InChI=1S/C18H14N4O3S/c23-17(21-19-11-13-4-3-6-15(10-13)22(24)25)12-26-18-9-8-14-5-1-2-7-16(14)20-18/h1-11H,12H2,(H,21,23)/b19-11-. The Morgan fingerprint density at radius 1 is 1.19 bits per heavy atom. The number of nitrogens with one attached hydrogen (secondary N) is 1. The van der Waals surface area contributed by atoms with Crippen molar-refractivity contribution in [3.8, 4) is 0 Å². The Bertz CT molecular complexity index is 991. The molecule has 0 saturated carbocycles. The average Bonchev–Trinajstić information content (AvgIpc) is 2.66. The zero-order valence-electron chi connectivity index (χ0n) is 13.5. The zero-order valence-corrected chi connectivity index (χ0v) is 14.3. The first-order valence-corrected chi connectivity index (χ1v) is 8.65. The van der Waals surface area contributed by atoms with Crippen molar-refractivity contribution < 1.29 is 9.72 Å². The number of hydrogen-bond donors (Lipinski definition) is 1. The average molecular weight is 366 g/mol. The molecule has 0 aliphatic rings. The van der Waals surface area contributed by atoms with Crippen LogP contribution in [-0.4, -0.2) is 27.8 Å². The number of aromatic nitrogens is 1. The number of non-ortho nitro benzene ring substituents is 1. The maximum Gasteiger partial charge on any atom is 0.270 e. The summed E-state index contributed by atoms with van der Waals surface area (Å²) in [5.74, 6) is -0.121. The third kappa shape index (κ3) is 4.64. The van der Waals surface area contributed by atoms with Gasteiger partial charge < -0.3 is 0 Å². The van der Waals surface area contributed by atoms with Crippen molar-refractivity contribution >= 4 is 40.5 Å². The maximum atomic E-state index is 11.9. The first-order valence-electron chi connectivity index (χ1n) is 7.67. The van der Waals surface area contributed by atoms with E-state index in [1.807, 2.05) is 36.4 Å². The number of rotatable bonds is 6. The van der Waals surface area contributed by atoms with Gasteiger partial charge in [0.25, 0.3) is 5.69 Å². The van der Waals surface area contributed by atoms with E-state index in [2.05, 4.69) is 15.5 Å². The van der Waals surface area contributed by atoms with Crippen molar-refractivity contribution in [3.05, 3.63) is 76.3 Å². The number of hydrogen-bond acceptors (Lipinski definition) is 6. The minimum Gasteiger partial charge on any atom is -0.272 e. The van der Waals surface area contributed by atoms with Crippen molar-refractivity contribution in [2.24, 2.45) is 5.10 Å². The van der Waals surface area contributed by atoms with Crippen molar-refractivity contribution in [1.82, 2.24) is 10.4 Å². The number of carbonyl (C=O) groups excluding carboxylic acids is 1. The van der Waals surface area contributed by atoms with Crippen molar-refractivity contribution in [2.45, 2.75) is 5.03 Å². The number of hydrazone groups is 1. The highest BCUT2D eigenvalue weighted by Crippen LogP contribution is 2.19. The van der Waals surface area contributed by atoms with Crippen LogP contribution in [0.1, 0.15) is 5.56 Å². The molecule has 2 aromatic carbocycles. The van der Waals surface area contributed by atoms with Gasteiger partial charge in [-0.15, -0.1) is 0 Å². The molecule has 0 radical (unpaired) electrons. The minimum atomic E-state index is -0.483. The van der Waals surface area contributed by atoms with Gasteiger partial charge in [-0.1, -0.05) is 48.2 Å². The zero-order chi connectivity index (χ0) is 18.4. The monoisotopic (exact) mass is 366 g/mol.